The summed E-state index contributed by atoms with van der Waals surface area (Å²) in [4.78, 5) is 62.6. The second kappa shape index (κ2) is 14.1. The number of carbonyl (C=O) groups excluding carboxylic acids is 3. The second-order valence-corrected chi connectivity index (χ2v) is 9.53. The molecule has 1 aliphatic rings. The molecule has 4 rings (SSSR count). The highest BCUT2D eigenvalue weighted by Gasteiger charge is 2.31. The van der Waals surface area contributed by atoms with Crippen molar-refractivity contribution in [2.45, 2.75) is 25.8 Å². The summed E-state index contributed by atoms with van der Waals surface area (Å²) in [7, 11) is 1.57. The van der Waals surface area contributed by atoms with Crippen molar-refractivity contribution in [3.63, 3.8) is 0 Å². The molecule has 1 aliphatic heterocycles. The van der Waals surface area contributed by atoms with Crippen LogP contribution in [-0.2, 0) is 14.3 Å². The number of amides is 3. The van der Waals surface area contributed by atoms with Gasteiger partial charge in [0.25, 0.3) is 5.91 Å². The number of benzene rings is 2. The van der Waals surface area contributed by atoms with Gasteiger partial charge in [-0.3, -0.25) is 14.4 Å². The van der Waals surface area contributed by atoms with Gasteiger partial charge in [-0.15, -0.1) is 0 Å². The van der Waals surface area contributed by atoms with E-state index < -0.39 is 29.9 Å². The molecule has 1 saturated heterocycles. The number of methoxy groups -OCH3 is 1. The summed E-state index contributed by atoms with van der Waals surface area (Å²) in [6.07, 6.45) is -0.888. The van der Waals surface area contributed by atoms with Crippen molar-refractivity contribution in [1.82, 2.24) is 25.1 Å². The summed E-state index contributed by atoms with van der Waals surface area (Å²) in [5.41, 5.74) is 1.93. The first kappa shape index (κ1) is 30.0. The molecular weight excluding hydrogens is 542 g/mol. The van der Waals surface area contributed by atoms with Crippen LogP contribution in [0, 0.1) is 0 Å². The van der Waals surface area contributed by atoms with E-state index in [4.69, 9.17) is 9.47 Å². The first-order valence-corrected chi connectivity index (χ1v) is 13.6. The van der Waals surface area contributed by atoms with Crippen LogP contribution < -0.4 is 10.1 Å². The molecule has 1 aromatic heterocycles. The highest BCUT2D eigenvalue weighted by atomic mass is 16.6. The topological polar surface area (TPSA) is 151 Å². The lowest BCUT2D eigenvalue weighted by Gasteiger charge is -2.35. The molecule has 1 unspecified atom stereocenters. The number of ether oxygens (including phenoxy) is 2. The zero-order valence-electron chi connectivity index (χ0n) is 23.5. The number of carbonyl (C=O) groups is 4. The fourth-order valence-electron chi connectivity index (χ4n) is 4.49. The van der Waals surface area contributed by atoms with Crippen LogP contribution in [0.15, 0.2) is 60.7 Å². The molecule has 2 N–H and O–H groups in total. The molecule has 0 radical (unpaired) electrons. The van der Waals surface area contributed by atoms with Gasteiger partial charge in [-0.25, -0.2) is 14.8 Å². The van der Waals surface area contributed by atoms with Gasteiger partial charge in [0, 0.05) is 43.7 Å². The quantitative estimate of drug-likeness (QED) is 0.372. The van der Waals surface area contributed by atoms with Gasteiger partial charge >= 0.3 is 12.1 Å². The first-order valence-electron chi connectivity index (χ1n) is 13.6. The molecule has 42 heavy (non-hydrogen) atoms. The molecule has 12 heteroatoms. The summed E-state index contributed by atoms with van der Waals surface area (Å²) in [6.45, 7) is 2.95. The molecular formula is C30H33N5O7. The summed E-state index contributed by atoms with van der Waals surface area (Å²) in [5, 5.41) is 12.0. The van der Waals surface area contributed by atoms with Gasteiger partial charge in [-0.2, -0.15) is 0 Å². The summed E-state index contributed by atoms with van der Waals surface area (Å²) in [5.74, 6) is -1.18. The second-order valence-electron chi connectivity index (χ2n) is 9.53. The van der Waals surface area contributed by atoms with Crippen LogP contribution in [0.2, 0.25) is 0 Å². The predicted octanol–water partition coefficient (Wildman–Crippen LogP) is 3.08. The van der Waals surface area contributed by atoms with E-state index >= 15 is 0 Å². The van der Waals surface area contributed by atoms with Gasteiger partial charge in [0.2, 0.25) is 5.91 Å². The normalized spacial score (nSPS) is 13.7. The van der Waals surface area contributed by atoms with Crippen molar-refractivity contribution >= 4 is 23.9 Å². The smallest absolute Gasteiger partial charge is 0.409 e. The van der Waals surface area contributed by atoms with E-state index in [9.17, 15) is 24.3 Å². The van der Waals surface area contributed by atoms with Gasteiger partial charge in [0.1, 0.15) is 17.5 Å². The number of hydrogen-bond acceptors (Lipinski definition) is 8. The molecule has 0 spiro atoms. The fourth-order valence-corrected chi connectivity index (χ4v) is 4.49. The van der Waals surface area contributed by atoms with Crippen molar-refractivity contribution in [2.75, 3.05) is 39.9 Å². The van der Waals surface area contributed by atoms with Gasteiger partial charge < -0.3 is 29.7 Å². The van der Waals surface area contributed by atoms with Crippen LogP contribution >= 0.6 is 0 Å². The summed E-state index contributed by atoms with van der Waals surface area (Å²) < 4.78 is 10.3. The Labute approximate surface area is 243 Å². The molecule has 0 aliphatic carbocycles. The molecule has 3 amide bonds. The molecule has 220 valence electrons. The number of aromatic nitrogens is 2. The zero-order valence-corrected chi connectivity index (χ0v) is 23.5. The Morgan fingerprint density at radius 3 is 2.21 bits per heavy atom. The van der Waals surface area contributed by atoms with Crippen LogP contribution in [0.1, 0.15) is 30.3 Å². The number of nitrogens with one attached hydrogen (secondary N) is 1. The van der Waals surface area contributed by atoms with Crippen LogP contribution in [0.5, 0.6) is 5.75 Å². The lowest BCUT2D eigenvalue weighted by molar-refractivity contribution is -0.138. The minimum Gasteiger partial charge on any atom is -0.497 e. The molecule has 1 fully saturated rings. The monoisotopic (exact) mass is 575 g/mol. The first-order chi connectivity index (χ1) is 20.3. The Balaban J connectivity index is 1.59. The molecule has 0 saturated carbocycles. The van der Waals surface area contributed by atoms with Crippen molar-refractivity contribution in [3.05, 3.63) is 66.4 Å². The van der Waals surface area contributed by atoms with E-state index in [0.29, 0.717) is 22.8 Å². The summed E-state index contributed by atoms with van der Waals surface area (Å²) in [6, 6.07) is 16.8. The van der Waals surface area contributed by atoms with Crippen LogP contribution in [0.4, 0.5) is 4.79 Å². The molecule has 0 bridgehead atoms. The Morgan fingerprint density at radius 2 is 1.60 bits per heavy atom. The van der Waals surface area contributed by atoms with Crippen molar-refractivity contribution in [3.8, 4) is 28.4 Å². The van der Waals surface area contributed by atoms with E-state index in [2.05, 4.69) is 15.3 Å². The highest BCUT2D eigenvalue weighted by Crippen LogP contribution is 2.25. The molecule has 2 aromatic carbocycles. The van der Waals surface area contributed by atoms with Gasteiger partial charge in [0.05, 0.1) is 19.4 Å². The molecule has 3 aromatic rings. The van der Waals surface area contributed by atoms with E-state index in [0.717, 1.165) is 5.56 Å². The Bertz CT molecular complexity index is 1410. The average Bonchev–Trinajstić information content (AvgIpc) is 3.03. The van der Waals surface area contributed by atoms with Gasteiger partial charge in [-0.05, 0) is 43.7 Å². The Hall–Kier alpha value is -5.00. The van der Waals surface area contributed by atoms with Crippen molar-refractivity contribution in [2.24, 2.45) is 0 Å². The maximum atomic E-state index is 13.6. The maximum Gasteiger partial charge on any atom is 0.409 e. The van der Waals surface area contributed by atoms with E-state index in [-0.39, 0.29) is 51.3 Å². The number of hydrogen-bond donors (Lipinski definition) is 2. The minimum absolute atomic E-state index is 0.0231. The van der Waals surface area contributed by atoms with E-state index in [1.54, 1.807) is 26.2 Å². The Morgan fingerprint density at radius 1 is 0.929 bits per heavy atom. The fraction of sp³-hybridized carbons (Fsp3) is 0.333. The molecule has 1 atom stereocenters. The average molecular weight is 576 g/mol. The zero-order chi connectivity index (χ0) is 30.1. The number of carboxylic acid groups (broad SMARTS) is 1. The standard InChI is InChI=1S/C30H33N5O7/c1-3-42-30(40)35-17-15-34(16-18-35)29(39)23(13-14-26(36)37)33-28(38)25-19-24(20-9-11-22(41-2)12-10-20)31-27(32-25)21-7-5-4-6-8-21/h4-12,19,23H,3,13-18H2,1-2H3,(H,33,38)(H,36,37). The third-order valence-corrected chi connectivity index (χ3v) is 6.74. The summed E-state index contributed by atoms with van der Waals surface area (Å²) >= 11 is 0. The lowest BCUT2D eigenvalue weighted by atomic mass is 10.1. The Kier molecular flexibility index (Phi) is 10.0. The van der Waals surface area contributed by atoms with Crippen LogP contribution in [0.3, 0.4) is 0 Å². The number of carboxylic acids is 1. The number of nitrogens with zero attached hydrogens (tertiary/aromatic N) is 4. The number of aliphatic carboxylic acids is 1. The van der Waals surface area contributed by atoms with Crippen molar-refractivity contribution in [1.29, 1.82) is 0 Å². The van der Waals surface area contributed by atoms with Gasteiger partial charge in [-0.1, -0.05) is 30.3 Å². The van der Waals surface area contributed by atoms with Crippen molar-refractivity contribution < 1.29 is 33.8 Å². The molecule has 12 nitrogen and oxygen atoms in total. The highest BCUT2D eigenvalue weighted by molar-refractivity contribution is 5.97. The largest absolute Gasteiger partial charge is 0.497 e. The lowest BCUT2D eigenvalue weighted by Crippen LogP contribution is -2.56. The van der Waals surface area contributed by atoms with E-state index in [1.807, 2.05) is 42.5 Å². The minimum atomic E-state index is -1.11. The SMILES string of the molecule is CCOC(=O)N1CCN(C(=O)C(CCC(=O)O)NC(=O)c2cc(-c3ccc(OC)cc3)nc(-c3ccccc3)n2)CC1. The molecule has 2 heterocycles. The van der Waals surface area contributed by atoms with Crippen LogP contribution in [0.25, 0.3) is 22.6 Å². The maximum absolute atomic E-state index is 13.6. The van der Waals surface area contributed by atoms with E-state index in [1.165, 1.54) is 15.9 Å². The predicted molar refractivity (Wildman–Crippen MR) is 153 cm³/mol. The van der Waals surface area contributed by atoms with Crippen LogP contribution in [-0.4, -0.2) is 94.7 Å². The van der Waals surface area contributed by atoms with Gasteiger partial charge in [0.15, 0.2) is 5.82 Å². The number of piperazine rings is 1. The number of rotatable bonds is 10. The third-order valence-electron chi connectivity index (χ3n) is 6.74. The third kappa shape index (κ3) is 7.59.